The predicted octanol–water partition coefficient (Wildman–Crippen LogP) is 4.16. The van der Waals surface area contributed by atoms with Crippen molar-refractivity contribution in [1.82, 2.24) is 9.88 Å². The van der Waals surface area contributed by atoms with Crippen LogP contribution in [0.4, 0.5) is 0 Å². The van der Waals surface area contributed by atoms with Gasteiger partial charge in [0.25, 0.3) is 5.91 Å². The van der Waals surface area contributed by atoms with Gasteiger partial charge in [-0.1, -0.05) is 31.2 Å². The van der Waals surface area contributed by atoms with Crippen LogP contribution >= 0.6 is 0 Å². The van der Waals surface area contributed by atoms with Gasteiger partial charge in [0.2, 0.25) is 0 Å². The molecular weight excluding hydrogens is 390 g/mol. The molecule has 6 nitrogen and oxygen atoms in total. The molecule has 1 aliphatic carbocycles. The number of hydrogen-bond acceptors (Lipinski definition) is 4. The van der Waals surface area contributed by atoms with Gasteiger partial charge in [-0.15, -0.1) is 0 Å². The molecule has 1 aliphatic rings. The maximum atomic E-state index is 12.4. The topological polar surface area (TPSA) is 84.1 Å². The molecule has 0 fully saturated rings. The molecule has 1 amide bonds. The van der Waals surface area contributed by atoms with Crippen LogP contribution in [-0.4, -0.2) is 23.1 Å². The lowest BCUT2D eigenvalue weighted by atomic mass is 9.88. The summed E-state index contributed by atoms with van der Waals surface area (Å²) in [7, 11) is 0. The van der Waals surface area contributed by atoms with Crippen molar-refractivity contribution in [3.8, 4) is 6.07 Å². The zero-order valence-corrected chi connectivity index (χ0v) is 18.4. The number of amides is 1. The number of ether oxygens (including phenoxy) is 1. The lowest BCUT2D eigenvalue weighted by Crippen LogP contribution is -2.34. The van der Waals surface area contributed by atoms with Gasteiger partial charge in [0.05, 0.1) is 6.04 Å². The molecule has 0 saturated heterocycles. The number of esters is 1. The highest BCUT2D eigenvalue weighted by Crippen LogP contribution is 2.29. The number of hydrogen-bond donors (Lipinski definition) is 1. The molecule has 1 aromatic carbocycles. The summed E-state index contributed by atoms with van der Waals surface area (Å²) in [5, 5.41) is 12.4. The Hall–Kier alpha value is -3.33. The van der Waals surface area contributed by atoms with Crippen LogP contribution in [0.2, 0.25) is 0 Å². The average Bonchev–Trinajstić information content (AvgIpc) is 3.03. The molecule has 0 radical (unpaired) electrons. The van der Waals surface area contributed by atoms with Gasteiger partial charge in [0.1, 0.15) is 11.6 Å². The van der Waals surface area contributed by atoms with E-state index in [2.05, 4.69) is 22.9 Å². The molecule has 3 rings (SSSR count). The van der Waals surface area contributed by atoms with Crippen molar-refractivity contribution in [3.63, 3.8) is 0 Å². The van der Waals surface area contributed by atoms with Gasteiger partial charge in [-0.2, -0.15) is 5.26 Å². The Morgan fingerprint density at radius 3 is 2.84 bits per heavy atom. The van der Waals surface area contributed by atoms with E-state index in [0.717, 1.165) is 54.7 Å². The molecule has 1 heterocycles. The quantitative estimate of drug-likeness (QED) is 0.415. The van der Waals surface area contributed by atoms with Crippen LogP contribution in [0.15, 0.2) is 35.9 Å². The lowest BCUT2D eigenvalue weighted by molar-refractivity contribution is -0.144. The van der Waals surface area contributed by atoms with Crippen molar-refractivity contribution in [1.29, 1.82) is 5.26 Å². The Morgan fingerprint density at radius 1 is 1.32 bits per heavy atom. The van der Waals surface area contributed by atoms with E-state index in [1.54, 1.807) is 0 Å². The van der Waals surface area contributed by atoms with Crippen molar-refractivity contribution in [2.45, 2.75) is 59.0 Å². The predicted molar refractivity (Wildman–Crippen MR) is 119 cm³/mol. The second kappa shape index (κ2) is 10.1. The number of fused-ring (bicyclic) bond motifs is 1. The molecule has 0 spiro atoms. The number of nitriles is 1. The zero-order chi connectivity index (χ0) is 22.4. The highest BCUT2D eigenvalue weighted by atomic mass is 16.5. The minimum Gasteiger partial charge on any atom is -0.451 e. The van der Waals surface area contributed by atoms with Gasteiger partial charge in [-0.3, -0.25) is 4.79 Å². The Kier molecular flexibility index (Phi) is 7.30. The van der Waals surface area contributed by atoms with E-state index in [1.165, 1.54) is 11.6 Å². The number of carbonyl (C=O) groups is 2. The first-order valence-corrected chi connectivity index (χ1v) is 10.8. The van der Waals surface area contributed by atoms with Crippen molar-refractivity contribution in [2.24, 2.45) is 0 Å². The molecular formula is C25H29N3O3. The van der Waals surface area contributed by atoms with Crippen molar-refractivity contribution >= 4 is 18.0 Å². The van der Waals surface area contributed by atoms with Crippen LogP contribution in [-0.2, 0) is 27.3 Å². The van der Waals surface area contributed by atoms with E-state index in [4.69, 9.17) is 4.74 Å². The standard InChI is InChI=1S/C25H29N3O3/c1-4-12-28-17(2)13-20(18(28)3)14-21(15-26)25(30)31-16-24(29)27-23-11-7-9-19-8-5-6-10-22(19)23/h5-6,8,10,13-14,23H,4,7,9,11-12,16H2,1-3H3,(H,27,29)/b21-14+. The number of aryl methyl sites for hydroxylation is 2. The van der Waals surface area contributed by atoms with Gasteiger partial charge in [-0.05, 0) is 68.4 Å². The van der Waals surface area contributed by atoms with Crippen LogP contribution in [0.5, 0.6) is 0 Å². The molecule has 1 aromatic heterocycles. The van der Waals surface area contributed by atoms with E-state index in [-0.39, 0.29) is 17.5 Å². The smallest absolute Gasteiger partial charge is 0.349 e. The summed E-state index contributed by atoms with van der Waals surface area (Å²) in [5.41, 5.74) is 5.12. The third-order valence-corrected chi connectivity index (χ3v) is 5.74. The van der Waals surface area contributed by atoms with Crippen LogP contribution in [0.3, 0.4) is 0 Å². The van der Waals surface area contributed by atoms with Gasteiger partial charge in [-0.25, -0.2) is 4.79 Å². The Labute approximate surface area is 183 Å². The van der Waals surface area contributed by atoms with Crippen molar-refractivity contribution in [2.75, 3.05) is 6.61 Å². The monoisotopic (exact) mass is 419 g/mol. The minimum absolute atomic E-state index is 0.0777. The number of nitrogens with one attached hydrogen (secondary N) is 1. The third kappa shape index (κ3) is 5.24. The van der Waals surface area contributed by atoms with Crippen molar-refractivity contribution in [3.05, 3.63) is 64.0 Å². The molecule has 2 aromatic rings. The average molecular weight is 420 g/mol. The highest BCUT2D eigenvalue weighted by molar-refractivity contribution is 5.99. The summed E-state index contributed by atoms with van der Waals surface area (Å²) >= 11 is 0. The van der Waals surface area contributed by atoms with E-state index in [1.807, 2.05) is 44.2 Å². The summed E-state index contributed by atoms with van der Waals surface area (Å²) in [4.78, 5) is 24.8. The van der Waals surface area contributed by atoms with Crippen molar-refractivity contribution < 1.29 is 14.3 Å². The summed E-state index contributed by atoms with van der Waals surface area (Å²) in [5.74, 6) is -1.16. The number of rotatable bonds is 7. The molecule has 1 atom stereocenters. The number of carbonyl (C=O) groups excluding carboxylic acids is 2. The summed E-state index contributed by atoms with van der Waals surface area (Å²) < 4.78 is 7.29. The highest BCUT2D eigenvalue weighted by Gasteiger charge is 2.22. The molecule has 6 heteroatoms. The first-order chi connectivity index (χ1) is 14.9. The molecule has 1 unspecified atom stereocenters. The number of aromatic nitrogens is 1. The molecule has 0 aliphatic heterocycles. The number of benzene rings is 1. The first kappa shape index (κ1) is 22.4. The van der Waals surface area contributed by atoms with Crippen LogP contribution in [0.25, 0.3) is 6.08 Å². The maximum absolute atomic E-state index is 12.4. The second-order valence-electron chi connectivity index (χ2n) is 7.94. The Balaban J connectivity index is 1.62. The fraction of sp³-hybridized carbons (Fsp3) is 0.400. The molecule has 0 bridgehead atoms. The van der Waals surface area contributed by atoms with E-state index < -0.39 is 12.6 Å². The maximum Gasteiger partial charge on any atom is 0.349 e. The molecule has 0 saturated carbocycles. The summed E-state index contributed by atoms with van der Waals surface area (Å²) in [6.07, 6.45) is 5.39. The molecule has 1 N–H and O–H groups in total. The van der Waals surface area contributed by atoms with Gasteiger partial charge >= 0.3 is 5.97 Å². The summed E-state index contributed by atoms with van der Waals surface area (Å²) in [6, 6.07) is 11.8. The Morgan fingerprint density at radius 2 is 2.10 bits per heavy atom. The van der Waals surface area contributed by atoms with Crippen LogP contribution in [0.1, 0.15) is 60.3 Å². The third-order valence-electron chi connectivity index (χ3n) is 5.74. The van der Waals surface area contributed by atoms with Gasteiger partial charge < -0.3 is 14.6 Å². The zero-order valence-electron chi connectivity index (χ0n) is 18.4. The van der Waals surface area contributed by atoms with E-state index in [0.29, 0.717) is 0 Å². The fourth-order valence-corrected chi connectivity index (χ4v) is 4.18. The van der Waals surface area contributed by atoms with Gasteiger partial charge in [0, 0.05) is 17.9 Å². The SMILES string of the molecule is CCCn1c(C)cc(/C=C(\C#N)C(=O)OCC(=O)NC2CCCc3ccccc32)c1C. The van der Waals surface area contributed by atoms with Crippen LogP contribution in [0, 0.1) is 25.2 Å². The summed E-state index contributed by atoms with van der Waals surface area (Å²) in [6.45, 7) is 6.53. The fourth-order valence-electron chi connectivity index (χ4n) is 4.18. The second-order valence-corrected chi connectivity index (χ2v) is 7.94. The van der Waals surface area contributed by atoms with Crippen LogP contribution < -0.4 is 5.32 Å². The van der Waals surface area contributed by atoms with E-state index in [9.17, 15) is 14.9 Å². The molecule has 162 valence electrons. The minimum atomic E-state index is -0.790. The van der Waals surface area contributed by atoms with E-state index >= 15 is 0 Å². The van der Waals surface area contributed by atoms with Gasteiger partial charge in [0.15, 0.2) is 6.61 Å². The normalized spacial score (nSPS) is 15.7. The first-order valence-electron chi connectivity index (χ1n) is 10.8. The largest absolute Gasteiger partial charge is 0.451 e. The Bertz CT molecular complexity index is 1040. The lowest BCUT2D eigenvalue weighted by Gasteiger charge is -2.26. The molecule has 31 heavy (non-hydrogen) atoms. The number of nitrogens with zero attached hydrogens (tertiary/aromatic N) is 2.